The first kappa shape index (κ1) is 76.6. The Bertz CT molecular complexity index is 1470. The summed E-state index contributed by atoms with van der Waals surface area (Å²) >= 11 is 0. The Morgan fingerprint density at radius 2 is 0.622 bits per heavy atom. The Morgan fingerprint density at radius 3 is 0.841 bits per heavy atom. The van der Waals surface area contributed by atoms with Crippen molar-refractivity contribution in [1.82, 2.24) is 20.4 Å². The predicted molar refractivity (Wildman–Crippen MR) is 323 cm³/mol. The molecule has 18 nitrogen and oxygen atoms in total. The maximum absolute atomic E-state index is 13.4. The summed E-state index contributed by atoms with van der Waals surface area (Å²) in [6, 6.07) is -1.41. The van der Waals surface area contributed by atoms with Gasteiger partial charge in [0.05, 0.1) is 24.4 Å². The number of nitrogens with zero attached hydrogens (tertiary/aromatic N) is 2. The molecule has 1 fully saturated rings. The van der Waals surface area contributed by atoms with Crippen LogP contribution in [0.3, 0.4) is 0 Å². The van der Waals surface area contributed by atoms with Crippen LogP contribution in [-0.4, -0.2) is 166 Å². The second kappa shape index (κ2) is 48.8. The van der Waals surface area contributed by atoms with Gasteiger partial charge in [-0.1, -0.05) is 107 Å². The molecule has 0 aliphatic carbocycles. The van der Waals surface area contributed by atoms with Crippen LogP contribution in [0.5, 0.6) is 0 Å². The average molecular weight is 1170 g/mol. The molecule has 0 saturated carbocycles. The zero-order chi connectivity index (χ0) is 60.9. The minimum atomic E-state index is -0.752. The van der Waals surface area contributed by atoms with Crippen LogP contribution < -0.4 is 10.6 Å². The van der Waals surface area contributed by atoms with Gasteiger partial charge in [0.15, 0.2) is 0 Å². The minimum absolute atomic E-state index is 0.0953. The van der Waals surface area contributed by atoms with Gasteiger partial charge in [-0.15, -0.1) is 0 Å². The van der Waals surface area contributed by atoms with Gasteiger partial charge < -0.3 is 50.0 Å². The van der Waals surface area contributed by atoms with Crippen molar-refractivity contribution in [1.29, 1.82) is 0 Å². The summed E-state index contributed by atoms with van der Waals surface area (Å²) in [4.78, 5) is 81.1. The van der Waals surface area contributed by atoms with Crippen LogP contribution in [0.2, 0.25) is 0 Å². The van der Waals surface area contributed by atoms with Crippen LogP contribution in [-0.2, 0) is 47.7 Å². The quantitative estimate of drug-likeness (QED) is 0.0188. The fraction of sp³-hybridized carbons (Fsp3) is 0.906. The number of aliphatic hydroxyl groups excluding tert-OH is 4. The van der Waals surface area contributed by atoms with Crippen LogP contribution in [0.1, 0.15) is 274 Å². The molecule has 18 heteroatoms. The van der Waals surface area contributed by atoms with Crippen molar-refractivity contribution in [3.63, 3.8) is 0 Å². The van der Waals surface area contributed by atoms with Crippen LogP contribution in [0.4, 0.5) is 0 Å². The molecule has 1 aliphatic heterocycles. The van der Waals surface area contributed by atoms with E-state index in [1.807, 2.05) is 37.5 Å². The molecule has 6 N–H and O–H groups in total. The Morgan fingerprint density at radius 1 is 0.378 bits per heavy atom. The molecule has 2 amide bonds. The van der Waals surface area contributed by atoms with Crippen molar-refractivity contribution in [2.45, 2.75) is 335 Å². The number of aliphatic hydroxyl groups is 4. The maximum atomic E-state index is 13.4. The molecule has 0 radical (unpaired) electrons. The third-order valence-electron chi connectivity index (χ3n) is 15.8. The van der Waals surface area contributed by atoms with E-state index in [4.69, 9.17) is 18.9 Å². The molecule has 10 unspecified atom stereocenters. The van der Waals surface area contributed by atoms with Gasteiger partial charge in [0.1, 0.15) is 36.5 Å². The van der Waals surface area contributed by atoms with E-state index in [0.717, 1.165) is 103 Å². The van der Waals surface area contributed by atoms with E-state index in [0.29, 0.717) is 103 Å². The first-order valence-electron chi connectivity index (χ1n) is 33.0. The van der Waals surface area contributed by atoms with Crippen molar-refractivity contribution in [3.8, 4) is 0 Å². The topological polar surface area (TPSA) is 251 Å². The number of piperazine rings is 1. The lowest BCUT2D eigenvalue weighted by Gasteiger charge is -2.31. The Hall–Kier alpha value is -3.42. The monoisotopic (exact) mass is 1170 g/mol. The van der Waals surface area contributed by atoms with Crippen LogP contribution in [0.25, 0.3) is 0 Å². The van der Waals surface area contributed by atoms with Crippen molar-refractivity contribution >= 4 is 35.7 Å². The Kier molecular flexibility index (Phi) is 45.6. The molecule has 10 atom stereocenters. The minimum Gasteiger partial charge on any atom is -0.462 e. The summed E-state index contributed by atoms with van der Waals surface area (Å²) in [7, 11) is 0. The molecule has 0 spiro atoms. The van der Waals surface area contributed by atoms with Gasteiger partial charge >= 0.3 is 23.9 Å². The number of amides is 2. The highest BCUT2D eigenvalue weighted by Gasteiger charge is 2.33. The van der Waals surface area contributed by atoms with Gasteiger partial charge in [0, 0.05) is 51.9 Å². The van der Waals surface area contributed by atoms with Crippen LogP contribution in [0, 0.1) is 0 Å². The highest BCUT2D eigenvalue weighted by Crippen LogP contribution is 2.19. The molecule has 0 bridgehead atoms. The first-order valence-corrected chi connectivity index (χ1v) is 33.0. The Balaban J connectivity index is 2.84. The summed E-state index contributed by atoms with van der Waals surface area (Å²) in [6.07, 6.45) is 18.6. The third-order valence-corrected chi connectivity index (χ3v) is 15.8. The number of hydrogen-bond donors (Lipinski definition) is 6. The third kappa shape index (κ3) is 38.5. The molecule has 82 heavy (non-hydrogen) atoms. The van der Waals surface area contributed by atoms with Crippen LogP contribution in [0.15, 0.2) is 0 Å². The number of nitrogens with one attached hydrogen (secondary N) is 2. The van der Waals surface area contributed by atoms with E-state index < -0.39 is 36.5 Å². The zero-order valence-electron chi connectivity index (χ0n) is 52.8. The maximum Gasteiger partial charge on any atom is 0.306 e. The molecule has 1 aliphatic rings. The zero-order valence-corrected chi connectivity index (χ0v) is 52.8. The molecule has 0 aromatic rings. The number of rotatable bonds is 54. The lowest BCUT2D eigenvalue weighted by atomic mass is 10.0. The summed E-state index contributed by atoms with van der Waals surface area (Å²) in [5, 5.41) is 50.3. The standard InChI is InChI=1S/C64H120N4O14/c1-9-17-33-53(13-5)79-59(73)39-25-29-49(69)45-67(46-50(70)30-26-40-60(74)80-54(14-6)34-18-10-2)43-23-21-37-57-63(77)66-58(64(78)65-57)38-22-24-44-68(47-51(71)31-27-41-61(75)81-55(15-7)35-19-11-3)48-52(72)32-28-42-62(76)82-56(16-8)36-20-12-4/h49-58,69-72H,9-48H2,1-8H3,(H,65,78)(H,66,77). The largest absolute Gasteiger partial charge is 0.462 e. The highest BCUT2D eigenvalue weighted by molar-refractivity contribution is 5.96. The van der Waals surface area contributed by atoms with E-state index in [1.165, 1.54) is 0 Å². The van der Waals surface area contributed by atoms with Crippen molar-refractivity contribution in [2.75, 3.05) is 39.3 Å². The van der Waals surface area contributed by atoms with E-state index in [1.54, 1.807) is 0 Å². The second-order valence-corrected chi connectivity index (χ2v) is 23.5. The normalized spacial score (nSPS) is 17.5. The summed E-state index contributed by atoms with van der Waals surface area (Å²) < 4.78 is 22.7. The smallest absolute Gasteiger partial charge is 0.306 e. The summed E-state index contributed by atoms with van der Waals surface area (Å²) in [6.45, 7) is 18.6. The van der Waals surface area contributed by atoms with Gasteiger partial charge in [0.25, 0.3) is 0 Å². The number of carbonyl (C=O) groups is 6. The summed E-state index contributed by atoms with van der Waals surface area (Å²) in [5.74, 6) is -1.55. The number of ether oxygens (including phenoxy) is 4. The van der Waals surface area contributed by atoms with E-state index in [9.17, 15) is 49.2 Å². The molecule has 0 aromatic carbocycles. The lowest BCUT2D eigenvalue weighted by Crippen LogP contribution is -2.61. The summed E-state index contributed by atoms with van der Waals surface area (Å²) in [5.41, 5.74) is 0. The molecule has 1 rings (SSSR count). The highest BCUT2D eigenvalue weighted by atomic mass is 16.6. The Labute approximate surface area is 496 Å². The van der Waals surface area contributed by atoms with Gasteiger partial charge in [-0.05, 0) is 154 Å². The molecular formula is C64H120N4O14. The van der Waals surface area contributed by atoms with E-state index in [2.05, 4.69) is 38.3 Å². The molecule has 1 saturated heterocycles. The van der Waals surface area contributed by atoms with Crippen molar-refractivity contribution in [3.05, 3.63) is 0 Å². The van der Waals surface area contributed by atoms with Crippen LogP contribution >= 0.6 is 0 Å². The van der Waals surface area contributed by atoms with E-state index in [-0.39, 0.29) is 112 Å². The first-order chi connectivity index (χ1) is 39.4. The fourth-order valence-electron chi connectivity index (χ4n) is 10.5. The SMILES string of the molecule is CCCCC(CC)OC(=O)CCCC(O)CN(CCCCC1NC(=O)C(CCCCN(CC(O)CCCC(=O)OC(CC)CCCC)CC(O)CCCC(=O)OC(CC)CCCC)NC1=O)CC(O)CCCC(=O)OC(CC)CCCC. The number of carbonyl (C=O) groups excluding carboxylic acids is 6. The van der Waals surface area contributed by atoms with Gasteiger partial charge in [-0.3, -0.25) is 38.6 Å². The molecule has 1 heterocycles. The average Bonchev–Trinajstić information content (AvgIpc) is 3.46. The number of esters is 4. The second-order valence-electron chi connectivity index (χ2n) is 23.5. The number of unbranched alkanes of at least 4 members (excludes halogenated alkanes) is 6. The van der Waals surface area contributed by atoms with Crippen molar-refractivity contribution in [2.24, 2.45) is 0 Å². The van der Waals surface area contributed by atoms with Crippen molar-refractivity contribution < 1.29 is 68.1 Å². The van der Waals surface area contributed by atoms with Gasteiger partial charge in [0.2, 0.25) is 11.8 Å². The predicted octanol–water partition coefficient (Wildman–Crippen LogP) is 10.1. The van der Waals surface area contributed by atoms with Gasteiger partial charge in [-0.2, -0.15) is 0 Å². The fourth-order valence-corrected chi connectivity index (χ4v) is 10.5. The molecular weight excluding hydrogens is 1050 g/mol. The van der Waals surface area contributed by atoms with Gasteiger partial charge in [-0.25, -0.2) is 0 Å². The molecule has 480 valence electrons. The molecule has 0 aromatic heterocycles. The number of hydrogen-bond acceptors (Lipinski definition) is 16. The van der Waals surface area contributed by atoms with E-state index >= 15 is 0 Å². The lowest BCUT2D eigenvalue weighted by molar-refractivity contribution is -0.150.